The Labute approximate surface area is 119 Å². The average molecular weight is 288 g/mol. The fraction of sp³-hybridized carbons (Fsp3) is 0.214. The van der Waals surface area contributed by atoms with Crippen molar-refractivity contribution in [1.29, 1.82) is 0 Å². The maximum Gasteiger partial charge on any atom is 0.307 e. The molecule has 20 heavy (non-hydrogen) atoms. The lowest BCUT2D eigenvalue weighted by atomic mass is 9.94. The van der Waals surface area contributed by atoms with Gasteiger partial charge in [-0.1, -0.05) is 30.3 Å². The van der Waals surface area contributed by atoms with Gasteiger partial charge in [0.15, 0.2) is 5.13 Å². The Kier molecular flexibility index (Phi) is 3.47. The molecule has 0 aliphatic carbocycles. The largest absolute Gasteiger partial charge is 0.457 e. The fourth-order valence-corrected chi connectivity index (χ4v) is 2.75. The summed E-state index contributed by atoms with van der Waals surface area (Å²) < 4.78 is 5.28. The molecule has 1 aliphatic heterocycles. The van der Waals surface area contributed by atoms with E-state index in [4.69, 9.17) is 4.74 Å². The zero-order chi connectivity index (χ0) is 13.9. The molecule has 1 N–H and O–H groups in total. The molecule has 0 radical (unpaired) electrons. The summed E-state index contributed by atoms with van der Waals surface area (Å²) in [5.74, 6) is -1.11. The highest BCUT2D eigenvalue weighted by Crippen LogP contribution is 2.36. The van der Waals surface area contributed by atoms with E-state index in [1.54, 1.807) is 11.6 Å². The molecule has 6 heteroatoms. The third-order valence-corrected chi connectivity index (χ3v) is 3.83. The predicted molar refractivity (Wildman–Crippen MR) is 74.1 cm³/mol. The van der Waals surface area contributed by atoms with E-state index in [2.05, 4.69) is 10.3 Å². The van der Waals surface area contributed by atoms with Crippen LogP contribution in [0.25, 0.3) is 0 Å². The van der Waals surface area contributed by atoms with Crippen LogP contribution in [-0.2, 0) is 14.3 Å². The van der Waals surface area contributed by atoms with Crippen molar-refractivity contribution in [2.75, 3.05) is 5.32 Å². The highest BCUT2D eigenvalue weighted by molar-refractivity contribution is 7.13. The Bertz CT molecular complexity index is 613. The number of thiazole rings is 1. The first kappa shape index (κ1) is 12.8. The van der Waals surface area contributed by atoms with Crippen LogP contribution in [0.5, 0.6) is 0 Å². The molecule has 2 aromatic rings. The number of aromatic nitrogens is 1. The molecule has 1 fully saturated rings. The predicted octanol–water partition coefficient (Wildman–Crippen LogP) is 2.39. The highest BCUT2D eigenvalue weighted by atomic mass is 32.1. The molecular weight excluding hydrogens is 276 g/mol. The van der Waals surface area contributed by atoms with Crippen LogP contribution in [0.4, 0.5) is 5.13 Å². The van der Waals surface area contributed by atoms with E-state index in [1.165, 1.54) is 11.3 Å². The molecular formula is C14H12N2O3S. The third kappa shape index (κ3) is 2.55. The summed E-state index contributed by atoms with van der Waals surface area (Å²) >= 11 is 1.34. The Morgan fingerprint density at radius 3 is 2.85 bits per heavy atom. The molecule has 1 aliphatic rings. The topological polar surface area (TPSA) is 68.3 Å². The minimum absolute atomic E-state index is 0.0940. The van der Waals surface area contributed by atoms with Crippen molar-refractivity contribution >= 4 is 28.3 Å². The third-order valence-electron chi connectivity index (χ3n) is 3.14. The summed E-state index contributed by atoms with van der Waals surface area (Å²) in [6, 6.07) is 9.30. The number of esters is 1. The average Bonchev–Trinajstić information content (AvgIpc) is 3.09. The summed E-state index contributed by atoms with van der Waals surface area (Å²) in [4.78, 5) is 27.8. The molecule has 2 atom stereocenters. The number of hydrogen-bond donors (Lipinski definition) is 1. The molecule has 3 rings (SSSR count). The number of cyclic esters (lactones) is 1. The van der Waals surface area contributed by atoms with Crippen LogP contribution >= 0.6 is 11.3 Å². The highest BCUT2D eigenvalue weighted by Gasteiger charge is 2.40. The lowest BCUT2D eigenvalue weighted by molar-refractivity contribution is -0.141. The van der Waals surface area contributed by atoms with E-state index in [-0.39, 0.29) is 18.3 Å². The van der Waals surface area contributed by atoms with Crippen LogP contribution in [0, 0.1) is 5.92 Å². The van der Waals surface area contributed by atoms with E-state index >= 15 is 0 Å². The number of ether oxygens (including phenoxy) is 1. The van der Waals surface area contributed by atoms with Gasteiger partial charge in [-0.05, 0) is 5.56 Å². The maximum absolute atomic E-state index is 12.3. The van der Waals surface area contributed by atoms with Crippen LogP contribution in [0.2, 0.25) is 0 Å². The van der Waals surface area contributed by atoms with Crippen molar-refractivity contribution < 1.29 is 14.3 Å². The quantitative estimate of drug-likeness (QED) is 0.880. The van der Waals surface area contributed by atoms with Gasteiger partial charge in [0.25, 0.3) is 0 Å². The van der Waals surface area contributed by atoms with Crippen LogP contribution in [0.1, 0.15) is 18.1 Å². The summed E-state index contributed by atoms with van der Waals surface area (Å²) in [7, 11) is 0. The molecule has 0 saturated carbocycles. The smallest absolute Gasteiger partial charge is 0.307 e. The molecule has 1 amide bonds. The Hall–Kier alpha value is -2.21. The summed E-state index contributed by atoms with van der Waals surface area (Å²) in [6.07, 6.45) is 1.19. The number of rotatable bonds is 3. The zero-order valence-electron chi connectivity index (χ0n) is 10.5. The van der Waals surface area contributed by atoms with Crippen LogP contribution in [-0.4, -0.2) is 16.9 Å². The Morgan fingerprint density at radius 1 is 1.35 bits per heavy atom. The normalized spacial score (nSPS) is 21.5. The van der Waals surface area contributed by atoms with Crippen molar-refractivity contribution in [3.05, 3.63) is 47.5 Å². The summed E-state index contributed by atoms with van der Waals surface area (Å²) in [6.45, 7) is 0. The van der Waals surface area contributed by atoms with E-state index in [1.807, 2.05) is 30.3 Å². The van der Waals surface area contributed by atoms with Gasteiger partial charge < -0.3 is 10.1 Å². The summed E-state index contributed by atoms with van der Waals surface area (Å²) in [5.41, 5.74) is 0.831. The number of carbonyl (C=O) groups is 2. The molecule has 2 heterocycles. The lowest BCUT2D eigenvalue weighted by Gasteiger charge is -2.16. The van der Waals surface area contributed by atoms with Gasteiger partial charge in [0.05, 0.1) is 12.3 Å². The maximum atomic E-state index is 12.3. The van der Waals surface area contributed by atoms with Crippen LogP contribution in [0.3, 0.4) is 0 Å². The number of nitrogens with one attached hydrogen (secondary N) is 1. The van der Waals surface area contributed by atoms with Gasteiger partial charge in [0.1, 0.15) is 6.10 Å². The first-order valence-electron chi connectivity index (χ1n) is 6.19. The van der Waals surface area contributed by atoms with E-state index in [0.29, 0.717) is 5.13 Å². The van der Waals surface area contributed by atoms with E-state index < -0.39 is 12.0 Å². The SMILES string of the molecule is O=C1C[C@H](C(=O)Nc2nccs2)[C@H](c2ccccc2)O1. The summed E-state index contributed by atoms with van der Waals surface area (Å²) in [5, 5.41) is 5.03. The van der Waals surface area contributed by atoms with Crippen LogP contribution < -0.4 is 5.32 Å². The Balaban J connectivity index is 1.80. The van der Waals surface area contributed by atoms with Crippen molar-refractivity contribution in [2.24, 2.45) is 5.92 Å². The Morgan fingerprint density at radius 2 is 2.15 bits per heavy atom. The molecule has 1 aromatic heterocycles. The van der Waals surface area contributed by atoms with Gasteiger partial charge in [0, 0.05) is 11.6 Å². The monoisotopic (exact) mass is 288 g/mol. The molecule has 1 aromatic carbocycles. The second-order valence-corrected chi connectivity index (χ2v) is 5.35. The van der Waals surface area contributed by atoms with Crippen LogP contribution in [0.15, 0.2) is 41.9 Å². The van der Waals surface area contributed by atoms with E-state index in [0.717, 1.165) is 5.56 Å². The second kappa shape index (κ2) is 5.42. The fourth-order valence-electron chi connectivity index (χ4n) is 2.21. The van der Waals surface area contributed by atoms with Gasteiger partial charge in [-0.2, -0.15) is 0 Å². The number of benzene rings is 1. The van der Waals surface area contributed by atoms with Gasteiger partial charge >= 0.3 is 5.97 Å². The van der Waals surface area contributed by atoms with Gasteiger partial charge in [-0.3, -0.25) is 9.59 Å². The lowest BCUT2D eigenvalue weighted by Crippen LogP contribution is -2.25. The van der Waals surface area contributed by atoms with Crippen molar-refractivity contribution in [3.63, 3.8) is 0 Å². The minimum atomic E-state index is -0.524. The molecule has 0 spiro atoms. The van der Waals surface area contributed by atoms with Crippen molar-refractivity contribution in [3.8, 4) is 0 Å². The van der Waals surface area contributed by atoms with Gasteiger partial charge in [-0.15, -0.1) is 11.3 Å². The molecule has 1 saturated heterocycles. The van der Waals surface area contributed by atoms with Gasteiger partial charge in [0.2, 0.25) is 5.91 Å². The number of hydrogen-bond acceptors (Lipinski definition) is 5. The molecule has 0 unspecified atom stereocenters. The standard InChI is InChI=1S/C14H12N2O3S/c17-11-8-10(13(18)16-14-15-6-7-20-14)12(19-11)9-4-2-1-3-5-9/h1-7,10,12H,8H2,(H,15,16,18)/t10-,12-/m0/s1. The number of amides is 1. The second-order valence-electron chi connectivity index (χ2n) is 4.46. The minimum Gasteiger partial charge on any atom is -0.457 e. The zero-order valence-corrected chi connectivity index (χ0v) is 11.3. The van der Waals surface area contributed by atoms with Crippen molar-refractivity contribution in [1.82, 2.24) is 4.98 Å². The number of carbonyl (C=O) groups excluding carboxylic acids is 2. The number of anilines is 1. The number of nitrogens with zero attached hydrogens (tertiary/aromatic N) is 1. The molecule has 102 valence electrons. The molecule has 0 bridgehead atoms. The first-order chi connectivity index (χ1) is 9.74. The van der Waals surface area contributed by atoms with Crippen molar-refractivity contribution in [2.45, 2.75) is 12.5 Å². The van der Waals surface area contributed by atoms with Gasteiger partial charge in [-0.25, -0.2) is 4.98 Å². The first-order valence-corrected chi connectivity index (χ1v) is 7.07. The molecule has 5 nitrogen and oxygen atoms in total. The van der Waals surface area contributed by atoms with E-state index in [9.17, 15) is 9.59 Å².